The molecule has 0 aromatic heterocycles. The van der Waals surface area contributed by atoms with Crippen molar-refractivity contribution < 1.29 is 37.4 Å². The van der Waals surface area contributed by atoms with E-state index in [1.54, 1.807) is 0 Å². The van der Waals surface area contributed by atoms with Gasteiger partial charge in [-0.1, -0.05) is 25.2 Å². The third-order valence-corrected chi connectivity index (χ3v) is 1.42. The van der Waals surface area contributed by atoms with E-state index >= 15 is 0 Å². The van der Waals surface area contributed by atoms with Crippen LogP contribution >= 0.6 is 12.2 Å². The largest absolute Gasteiger partial charge is 0.665 e. The van der Waals surface area contributed by atoms with Gasteiger partial charge in [0.05, 0.1) is 10.7 Å². The van der Waals surface area contributed by atoms with Crippen LogP contribution in [0, 0.1) is 14.0 Å². The van der Waals surface area contributed by atoms with Crippen LogP contribution in [0.25, 0.3) is 0 Å². The van der Waals surface area contributed by atoms with Crippen molar-refractivity contribution >= 4 is 22.9 Å². The molecule has 0 aliphatic rings. The van der Waals surface area contributed by atoms with Gasteiger partial charge < -0.3 is 17.0 Å². The first-order valence-electron chi connectivity index (χ1n) is 4.73. The first kappa shape index (κ1) is 18.4. The first-order valence-corrected chi connectivity index (χ1v) is 5.13. The zero-order valence-corrected chi connectivity index (χ0v) is 13.5. The van der Waals surface area contributed by atoms with Crippen molar-refractivity contribution in [2.24, 2.45) is 0 Å². The second-order valence-electron chi connectivity index (χ2n) is 2.85. The molecular formula is C12H17NOSY-2. The monoisotopic (exact) mass is 312 g/mol. The minimum Gasteiger partial charge on any atom is -0.665 e. The summed E-state index contributed by atoms with van der Waals surface area (Å²) in [6, 6.07) is 7.46. The maximum Gasteiger partial charge on any atom is 0.0864 e. The Morgan fingerprint density at radius 3 is 2.50 bits per heavy atom. The fourth-order valence-corrected chi connectivity index (χ4v) is 0.985. The number of ether oxygens (including phenoxy) is 1. The molecule has 0 aliphatic heterocycles. The van der Waals surface area contributed by atoms with Gasteiger partial charge in [0, 0.05) is 44.5 Å². The summed E-state index contributed by atoms with van der Waals surface area (Å²) in [7, 11) is 3.32. The van der Waals surface area contributed by atoms with Crippen LogP contribution in [0.15, 0.2) is 24.3 Å². The summed E-state index contributed by atoms with van der Waals surface area (Å²) >= 11 is 4.89. The minimum atomic E-state index is 0. The van der Waals surface area contributed by atoms with Crippen molar-refractivity contribution in [3.63, 3.8) is 0 Å². The van der Waals surface area contributed by atoms with E-state index in [1.807, 2.05) is 38.1 Å². The molecule has 4 heteroatoms. The molecule has 0 fully saturated rings. The molecule has 1 radical (unpaired) electrons. The van der Waals surface area contributed by atoms with E-state index in [4.69, 9.17) is 17.0 Å². The zero-order valence-electron chi connectivity index (χ0n) is 9.82. The summed E-state index contributed by atoms with van der Waals surface area (Å²) in [5.41, 5.74) is 0.920. The first-order chi connectivity index (χ1) is 7.13. The van der Waals surface area contributed by atoms with Crippen molar-refractivity contribution in [3.8, 4) is 5.75 Å². The van der Waals surface area contributed by atoms with Gasteiger partial charge in [-0.25, -0.2) is 0 Å². The van der Waals surface area contributed by atoms with Crippen LogP contribution in [0.2, 0.25) is 0 Å². The Morgan fingerprint density at radius 1 is 1.50 bits per heavy atom. The van der Waals surface area contributed by atoms with E-state index in [9.17, 15) is 0 Å². The van der Waals surface area contributed by atoms with Gasteiger partial charge in [0.15, 0.2) is 0 Å². The third-order valence-electron chi connectivity index (χ3n) is 1.32. The molecule has 0 amide bonds. The van der Waals surface area contributed by atoms with E-state index in [1.165, 1.54) is 0 Å². The molecule has 1 rings (SSSR count). The summed E-state index contributed by atoms with van der Waals surface area (Å²) in [5.74, 6) is 0.719. The van der Waals surface area contributed by atoms with Crippen LogP contribution in [0.5, 0.6) is 5.75 Å². The number of hydrogen-bond acceptors (Lipinski definition) is 2. The number of hydrogen-bond donors (Lipinski definition) is 1. The molecule has 0 saturated carbocycles. The Kier molecular flexibility index (Phi) is 13.2. The SMILES string of the molecule is [CH2-]CC.[CH2-]Oc1cccc(NC(C)=S)c1.[Y]. The topological polar surface area (TPSA) is 21.3 Å². The van der Waals surface area contributed by atoms with Gasteiger partial charge in [0.2, 0.25) is 0 Å². The van der Waals surface area contributed by atoms with Gasteiger partial charge in [-0.15, -0.1) is 0 Å². The normalized spacial score (nSPS) is 8.00. The fourth-order valence-electron chi connectivity index (χ4n) is 0.867. The van der Waals surface area contributed by atoms with Gasteiger partial charge in [-0.3, -0.25) is 0 Å². The molecular weight excluding hydrogens is 295 g/mol. The van der Waals surface area contributed by atoms with Crippen LogP contribution in [0.4, 0.5) is 5.69 Å². The summed E-state index contributed by atoms with van der Waals surface area (Å²) in [5, 5.41) is 3.00. The zero-order chi connectivity index (χ0) is 11.7. The van der Waals surface area contributed by atoms with Crippen LogP contribution in [-0.2, 0) is 32.7 Å². The average molecular weight is 312 g/mol. The molecule has 0 aliphatic carbocycles. The summed E-state index contributed by atoms with van der Waals surface area (Å²) < 4.78 is 4.80. The Balaban J connectivity index is 0. The average Bonchev–Trinajstić information content (AvgIpc) is 2.18. The van der Waals surface area contributed by atoms with E-state index in [2.05, 4.69) is 19.4 Å². The number of benzene rings is 1. The fraction of sp³-hybridized carbons (Fsp3) is 0.250. The van der Waals surface area contributed by atoms with Gasteiger partial charge in [0.1, 0.15) is 0 Å². The predicted molar refractivity (Wildman–Crippen MR) is 70.0 cm³/mol. The Labute approximate surface area is 129 Å². The molecule has 0 unspecified atom stereocenters. The number of thiocarbonyl (C=S) groups is 1. The van der Waals surface area contributed by atoms with Gasteiger partial charge >= 0.3 is 0 Å². The van der Waals surface area contributed by atoms with Crippen molar-refractivity contribution in [1.82, 2.24) is 0 Å². The Morgan fingerprint density at radius 2 is 2.06 bits per heavy atom. The van der Waals surface area contributed by atoms with E-state index < -0.39 is 0 Å². The van der Waals surface area contributed by atoms with Gasteiger partial charge in [-0.05, 0) is 19.1 Å². The Bertz CT molecular complexity index is 305. The Hall–Kier alpha value is 0.0139. The molecule has 0 saturated heterocycles. The maximum atomic E-state index is 4.89. The standard InChI is InChI=1S/C9H10NOS.C3H7.Y/c1-7(12)10-8-4-3-5-9(6-8)11-2;1-3-2;/h3-6H,2H2,1H3,(H,10,12);1,3H2,2H3;/q2*-1;. The second kappa shape index (κ2) is 11.5. The van der Waals surface area contributed by atoms with Crippen LogP contribution < -0.4 is 10.1 Å². The van der Waals surface area contributed by atoms with Crippen LogP contribution in [0.1, 0.15) is 20.3 Å². The van der Waals surface area contributed by atoms with Crippen molar-refractivity contribution in [2.45, 2.75) is 20.3 Å². The molecule has 0 bridgehead atoms. The molecule has 1 aromatic rings. The summed E-state index contributed by atoms with van der Waals surface area (Å²) in [6.07, 6.45) is 1.00. The molecule has 0 heterocycles. The van der Waals surface area contributed by atoms with Gasteiger partial charge in [-0.2, -0.15) is 13.5 Å². The molecule has 16 heavy (non-hydrogen) atoms. The number of nitrogens with one attached hydrogen (secondary N) is 1. The van der Waals surface area contributed by atoms with Crippen molar-refractivity contribution in [2.75, 3.05) is 5.32 Å². The number of rotatable bonds is 2. The van der Waals surface area contributed by atoms with Crippen LogP contribution in [-0.4, -0.2) is 4.99 Å². The molecule has 2 nitrogen and oxygen atoms in total. The molecule has 87 valence electrons. The van der Waals surface area contributed by atoms with Gasteiger partial charge in [0.25, 0.3) is 0 Å². The second-order valence-corrected chi connectivity index (χ2v) is 3.47. The molecule has 1 aromatic carbocycles. The summed E-state index contributed by atoms with van der Waals surface area (Å²) in [4.78, 5) is 0.733. The van der Waals surface area contributed by atoms with E-state index in [0.29, 0.717) is 0 Å². The molecule has 0 atom stereocenters. The van der Waals surface area contributed by atoms with Crippen LogP contribution in [0.3, 0.4) is 0 Å². The maximum absolute atomic E-state index is 4.89. The predicted octanol–water partition coefficient (Wildman–Crippen LogP) is 3.84. The van der Waals surface area contributed by atoms with E-state index in [0.717, 1.165) is 22.8 Å². The minimum absolute atomic E-state index is 0. The molecule has 0 spiro atoms. The molecule has 1 N–H and O–H groups in total. The quantitative estimate of drug-likeness (QED) is 0.662. The third kappa shape index (κ3) is 9.26. The van der Waals surface area contributed by atoms with Crippen molar-refractivity contribution in [3.05, 3.63) is 38.3 Å². The van der Waals surface area contributed by atoms with E-state index in [-0.39, 0.29) is 32.7 Å². The smallest absolute Gasteiger partial charge is 0.0864 e. The van der Waals surface area contributed by atoms with Crippen molar-refractivity contribution in [1.29, 1.82) is 0 Å². The summed E-state index contributed by atoms with van der Waals surface area (Å²) in [6.45, 7) is 7.33. The number of anilines is 1.